The van der Waals surface area contributed by atoms with Crippen LogP contribution in [0, 0.1) is 0 Å². The summed E-state index contributed by atoms with van der Waals surface area (Å²) in [5, 5.41) is 12.4. The summed E-state index contributed by atoms with van der Waals surface area (Å²) < 4.78 is 0. The number of likely N-dealkylation sites (tertiary alicyclic amines) is 1. The Bertz CT molecular complexity index is 664. The summed E-state index contributed by atoms with van der Waals surface area (Å²) >= 11 is 0. The minimum atomic E-state index is -0.372. The molecule has 4 nitrogen and oxygen atoms in total. The average Bonchev–Trinajstić information content (AvgIpc) is 2.68. The van der Waals surface area contributed by atoms with E-state index in [1.165, 1.54) is 6.42 Å². The fourth-order valence-corrected chi connectivity index (χ4v) is 3.29. The highest BCUT2D eigenvalue weighted by Crippen LogP contribution is 2.24. The van der Waals surface area contributed by atoms with E-state index in [0.29, 0.717) is 6.42 Å². The third kappa shape index (κ3) is 4.60. The lowest BCUT2D eigenvalue weighted by molar-refractivity contribution is -0.133. The molecule has 4 heteroatoms. The Morgan fingerprint density at radius 3 is 2.32 bits per heavy atom. The number of aliphatic hydroxyl groups is 1. The van der Waals surface area contributed by atoms with E-state index in [4.69, 9.17) is 5.11 Å². The second kappa shape index (κ2) is 8.67. The summed E-state index contributed by atoms with van der Waals surface area (Å²) in [6.07, 6.45) is 4.03. The Morgan fingerprint density at radius 1 is 1.00 bits per heavy atom. The number of benzene rings is 2. The van der Waals surface area contributed by atoms with E-state index in [1.807, 2.05) is 59.5 Å². The number of anilines is 1. The van der Waals surface area contributed by atoms with Crippen molar-refractivity contribution in [1.82, 2.24) is 4.90 Å². The van der Waals surface area contributed by atoms with Crippen LogP contribution in [0.15, 0.2) is 54.6 Å². The molecule has 0 aliphatic carbocycles. The largest absolute Gasteiger partial charge is 0.396 e. The van der Waals surface area contributed by atoms with E-state index < -0.39 is 0 Å². The van der Waals surface area contributed by atoms with Gasteiger partial charge in [-0.15, -0.1) is 0 Å². The molecule has 2 N–H and O–H groups in total. The van der Waals surface area contributed by atoms with Crippen LogP contribution in [0.4, 0.5) is 5.69 Å². The summed E-state index contributed by atoms with van der Waals surface area (Å²) in [4.78, 5) is 15.1. The van der Waals surface area contributed by atoms with Gasteiger partial charge in [0.15, 0.2) is 0 Å². The van der Waals surface area contributed by atoms with E-state index in [2.05, 4.69) is 5.32 Å². The molecule has 1 amide bonds. The van der Waals surface area contributed by atoms with Crippen molar-refractivity contribution in [3.05, 3.63) is 65.7 Å². The summed E-state index contributed by atoms with van der Waals surface area (Å²) in [6, 6.07) is 17.5. The molecule has 0 saturated carbocycles. The van der Waals surface area contributed by atoms with E-state index >= 15 is 0 Å². The van der Waals surface area contributed by atoms with Crippen molar-refractivity contribution in [2.45, 2.75) is 31.7 Å². The number of rotatable bonds is 6. The predicted molar refractivity (Wildman–Crippen MR) is 100 cm³/mol. The molecule has 0 radical (unpaired) electrons. The van der Waals surface area contributed by atoms with E-state index in [-0.39, 0.29) is 18.6 Å². The van der Waals surface area contributed by atoms with Crippen molar-refractivity contribution in [3.8, 4) is 0 Å². The van der Waals surface area contributed by atoms with Gasteiger partial charge in [0, 0.05) is 25.4 Å². The van der Waals surface area contributed by atoms with Crippen LogP contribution >= 0.6 is 0 Å². The Balaban J connectivity index is 1.79. The first kappa shape index (κ1) is 17.5. The number of aliphatic hydroxyl groups excluding tert-OH is 1. The van der Waals surface area contributed by atoms with Gasteiger partial charge in [-0.25, -0.2) is 0 Å². The number of carbonyl (C=O) groups is 1. The summed E-state index contributed by atoms with van der Waals surface area (Å²) in [7, 11) is 0. The van der Waals surface area contributed by atoms with Crippen LogP contribution in [0.2, 0.25) is 0 Å². The van der Waals surface area contributed by atoms with Crippen molar-refractivity contribution in [2.75, 3.05) is 25.0 Å². The number of amides is 1. The topological polar surface area (TPSA) is 52.6 Å². The zero-order chi connectivity index (χ0) is 17.5. The minimum absolute atomic E-state index is 0.144. The van der Waals surface area contributed by atoms with Crippen molar-refractivity contribution in [2.24, 2.45) is 0 Å². The molecule has 1 fully saturated rings. The maximum absolute atomic E-state index is 13.1. The normalized spacial score (nSPS) is 15.6. The third-order valence-corrected chi connectivity index (χ3v) is 4.71. The molecule has 3 rings (SSSR count). The first-order valence-corrected chi connectivity index (χ1v) is 9.08. The van der Waals surface area contributed by atoms with Crippen molar-refractivity contribution in [1.29, 1.82) is 0 Å². The van der Waals surface area contributed by atoms with E-state index in [9.17, 15) is 4.79 Å². The second-order valence-corrected chi connectivity index (χ2v) is 6.54. The van der Waals surface area contributed by atoms with Crippen LogP contribution in [0.5, 0.6) is 0 Å². The van der Waals surface area contributed by atoms with Gasteiger partial charge in [-0.1, -0.05) is 42.5 Å². The van der Waals surface area contributed by atoms with Crippen molar-refractivity contribution < 1.29 is 9.90 Å². The van der Waals surface area contributed by atoms with Gasteiger partial charge in [-0.05, 0) is 48.9 Å². The van der Waals surface area contributed by atoms with Crippen molar-refractivity contribution >= 4 is 11.6 Å². The van der Waals surface area contributed by atoms with Crippen LogP contribution in [0.25, 0.3) is 0 Å². The highest BCUT2D eigenvalue weighted by Gasteiger charge is 2.26. The second-order valence-electron chi connectivity index (χ2n) is 6.54. The van der Waals surface area contributed by atoms with Gasteiger partial charge in [-0.2, -0.15) is 0 Å². The van der Waals surface area contributed by atoms with Gasteiger partial charge >= 0.3 is 0 Å². The molecule has 2 aromatic rings. The van der Waals surface area contributed by atoms with Gasteiger partial charge in [-0.3, -0.25) is 4.79 Å². The summed E-state index contributed by atoms with van der Waals surface area (Å²) in [5.74, 6) is 0.144. The summed E-state index contributed by atoms with van der Waals surface area (Å²) in [5.41, 5.74) is 2.99. The molecule has 0 bridgehead atoms. The number of piperidine rings is 1. The molecule has 2 aromatic carbocycles. The van der Waals surface area contributed by atoms with Crippen LogP contribution in [0.3, 0.4) is 0 Å². The SMILES string of the molecule is O=C(C(Nc1ccc(CCO)cc1)c1ccccc1)N1CCCCC1. The van der Waals surface area contributed by atoms with Gasteiger partial charge in [0.05, 0.1) is 0 Å². The highest BCUT2D eigenvalue weighted by molar-refractivity contribution is 5.86. The van der Waals surface area contributed by atoms with Gasteiger partial charge in [0.25, 0.3) is 0 Å². The quantitative estimate of drug-likeness (QED) is 0.849. The lowest BCUT2D eigenvalue weighted by Gasteiger charge is -2.31. The van der Waals surface area contributed by atoms with Crippen LogP contribution in [-0.2, 0) is 11.2 Å². The number of hydrogen-bond acceptors (Lipinski definition) is 3. The molecule has 25 heavy (non-hydrogen) atoms. The highest BCUT2D eigenvalue weighted by atomic mass is 16.3. The third-order valence-electron chi connectivity index (χ3n) is 4.71. The lowest BCUT2D eigenvalue weighted by atomic mass is 10.0. The lowest BCUT2D eigenvalue weighted by Crippen LogP contribution is -2.41. The Kier molecular flexibility index (Phi) is 6.07. The van der Waals surface area contributed by atoms with Crippen molar-refractivity contribution in [3.63, 3.8) is 0 Å². The molecule has 0 spiro atoms. The zero-order valence-corrected chi connectivity index (χ0v) is 14.5. The van der Waals surface area contributed by atoms with E-state index in [0.717, 1.165) is 42.7 Å². The van der Waals surface area contributed by atoms with Crippen LogP contribution in [0.1, 0.15) is 36.4 Å². The number of nitrogens with one attached hydrogen (secondary N) is 1. The number of nitrogens with zero attached hydrogens (tertiary/aromatic N) is 1. The van der Waals surface area contributed by atoms with Gasteiger partial charge < -0.3 is 15.3 Å². The molecule has 0 aromatic heterocycles. The Morgan fingerprint density at radius 2 is 1.68 bits per heavy atom. The first-order valence-electron chi connectivity index (χ1n) is 9.08. The Hall–Kier alpha value is -2.33. The van der Waals surface area contributed by atoms with Crippen LogP contribution in [-0.4, -0.2) is 35.6 Å². The molecular weight excluding hydrogens is 312 g/mol. The maximum atomic E-state index is 13.1. The van der Waals surface area contributed by atoms with Gasteiger partial charge in [0.1, 0.15) is 6.04 Å². The average molecular weight is 338 g/mol. The number of hydrogen-bond donors (Lipinski definition) is 2. The van der Waals surface area contributed by atoms with Gasteiger partial charge in [0.2, 0.25) is 5.91 Å². The summed E-state index contributed by atoms with van der Waals surface area (Å²) in [6.45, 7) is 1.84. The molecule has 1 heterocycles. The monoisotopic (exact) mass is 338 g/mol. The molecule has 1 saturated heterocycles. The Labute approximate surface area is 149 Å². The molecule has 1 aliphatic heterocycles. The zero-order valence-electron chi connectivity index (χ0n) is 14.5. The smallest absolute Gasteiger partial charge is 0.249 e. The van der Waals surface area contributed by atoms with E-state index in [1.54, 1.807) is 0 Å². The minimum Gasteiger partial charge on any atom is -0.396 e. The molecule has 132 valence electrons. The molecular formula is C21H26N2O2. The van der Waals surface area contributed by atoms with Crippen LogP contribution < -0.4 is 5.32 Å². The predicted octanol–water partition coefficient (Wildman–Crippen LogP) is 3.39. The molecule has 1 atom stereocenters. The number of carbonyl (C=O) groups excluding carboxylic acids is 1. The molecule has 1 aliphatic rings. The maximum Gasteiger partial charge on any atom is 0.249 e. The molecule has 1 unspecified atom stereocenters. The fourth-order valence-electron chi connectivity index (χ4n) is 3.29. The fraction of sp³-hybridized carbons (Fsp3) is 0.381. The standard InChI is InChI=1S/C21H26N2O2/c24-16-13-17-9-11-19(12-10-17)22-20(18-7-3-1-4-8-18)21(25)23-14-5-2-6-15-23/h1,3-4,7-12,20,22,24H,2,5-6,13-16H2. The first-order chi connectivity index (χ1) is 12.3.